The van der Waals surface area contributed by atoms with Gasteiger partial charge in [-0.1, -0.05) is 17.7 Å². The topological polar surface area (TPSA) is 62.7 Å². The number of methoxy groups -OCH3 is 1. The molecule has 3 aromatic rings. The van der Waals surface area contributed by atoms with Gasteiger partial charge in [-0.2, -0.15) is 0 Å². The minimum atomic E-state index is -0.655. The SMILES string of the molecule is COc1ccc2ncc(Cl)c(CCCC3(C(=O)O)CCN(CCCCc4cccs4)CC3)c2c1. The summed E-state index contributed by atoms with van der Waals surface area (Å²) < 4.78 is 5.38. The Morgan fingerprint density at radius 1 is 1.21 bits per heavy atom. The number of thiophene rings is 1. The van der Waals surface area contributed by atoms with Crippen molar-refractivity contribution in [3.8, 4) is 5.75 Å². The van der Waals surface area contributed by atoms with Crippen LogP contribution in [0.2, 0.25) is 5.02 Å². The van der Waals surface area contributed by atoms with Crippen LogP contribution in [0.3, 0.4) is 0 Å². The van der Waals surface area contributed by atoms with Gasteiger partial charge in [-0.15, -0.1) is 11.3 Å². The summed E-state index contributed by atoms with van der Waals surface area (Å²) in [6, 6.07) is 10.1. The number of carbonyl (C=O) groups is 1. The van der Waals surface area contributed by atoms with Crippen LogP contribution in [0.25, 0.3) is 10.9 Å². The van der Waals surface area contributed by atoms with Gasteiger partial charge in [0.25, 0.3) is 0 Å². The van der Waals surface area contributed by atoms with Gasteiger partial charge in [0.1, 0.15) is 5.75 Å². The third-order valence-corrected chi connectivity index (χ3v) is 8.47. The van der Waals surface area contributed by atoms with Crippen LogP contribution in [-0.4, -0.2) is 47.7 Å². The van der Waals surface area contributed by atoms with Gasteiger partial charge in [0.15, 0.2) is 0 Å². The van der Waals surface area contributed by atoms with E-state index in [1.54, 1.807) is 13.3 Å². The molecule has 7 heteroatoms. The van der Waals surface area contributed by atoms with Crippen LogP contribution in [0, 0.1) is 5.41 Å². The van der Waals surface area contributed by atoms with Crippen LogP contribution in [0.4, 0.5) is 0 Å². The van der Waals surface area contributed by atoms with E-state index in [0.29, 0.717) is 24.3 Å². The van der Waals surface area contributed by atoms with Gasteiger partial charge in [-0.3, -0.25) is 9.78 Å². The summed E-state index contributed by atoms with van der Waals surface area (Å²) in [4.78, 5) is 20.6. The summed E-state index contributed by atoms with van der Waals surface area (Å²) >= 11 is 8.33. The highest BCUT2D eigenvalue weighted by molar-refractivity contribution is 7.09. The number of halogens is 1. The Morgan fingerprint density at radius 2 is 2.03 bits per heavy atom. The predicted molar refractivity (Wildman–Crippen MR) is 139 cm³/mol. The number of likely N-dealkylation sites (tertiary alicyclic amines) is 1. The van der Waals surface area contributed by atoms with E-state index in [-0.39, 0.29) is 0 Å². The smallest absolute Gasteiger partial charge is 0.309 e. The number of carboxylic acids is 1. The van der Waals surface area contributed by atoms with Gasteiger partial charge < -0.3 is 14.7 Å². The van der Waals surface area contributed by atoms with Crippen LogP contribution in [0.1, 0.15) is 49.0 Å². The summed E-state index contributed by atoms with van der Waals surface area (Å²) in [7, 11) is 1.64. The molecule has 0 radical (unpaired) electrons. The number of hydrogen-bond acceptors (Lipinski definition) is 5. The number of aliphatic carboxylic acids is 1. The highest BCUT2D eigenvalue weighted by atomic mass is 35.5. The summed E-state index contributed by atoms with van der Waals surface area (Å²) in [6.45, 7) is 2.78. The predicted octanol–water partition coefficient (Wildman–Crippen LogP) is 6.47. The molecule has 5 nitrogen and oxygen atoms in total. The zero-order valence-corrected chi connectivity index (χ0v) is 21.3. The zero-order chi connectivity index (χ0) is 24.0. The van der Waals surface area contributed by atoms with Crippen LogP contribution in [0.15, 0.2) is 41.9 Å². The summed E-state index contributed by atoms with van der Waals surface area (Å²) in [5, 5.41) is 13.9. The second-order valence-corrected chi connectivity index (χ2v) is 10.7. The number of piperidine rings is 1. The van der Waals surface area contributed by atoms with Crippen molar-refractivity contribution in [1.29, 1.82) is 0 Å². The number of carboxylic acid groups (broad SMARTS) is 1. The number of nitrogens with zero attached hydrogens (tertiary/aromatic N) is 2. The van der Waals surface area contributed by atoms with E-state index in [2.05, 4.69) is 27.4 Å². The molecule has 0 spiro atoms. The highest BCUT2D eigenvalue weighted by Gasteiger charge is 2.40. The fourth-order valence-electron chi connectivity index (χ4n) is 5.05. The quantitative estimate of drug-likeness (QED) is 0.306. The molecule has 0 unspecified atom stereocenters. The van der Waals surface area contributed by atoms with Gasteiger partial charge in [0.05, 0.1) is 23.1 Å². The molecule has 0 atom stereocenters. The molecule has 0 saturated carbocycles. The number of rotatable bonds is 11. The normalized spacial score (nSPS) is 16.1. The van der Waals surface area contributed by atoms with Gasteiger partial charge in [0.2, 0.25) is 0 Å². The Labute approximate surface area is 210 Å². The second-order valence-electron chi connectivity index (χ2n) is 9.28. The lowest BCUT2D eigenvalue weighted by atomic mass is 9.74. The molecular weight excluding hydrogens is 468 g/mol. The number of ether oxygens (including phenoxy) is 1. The number of fused-ring (bicyclic) bond motifs is 1. The van der Waals surface area contributed by atoms with E-state index in [1.165, 1.54) is 11.3 Å². The average Bonchev–Trinajstić information content (AvgIpc) is 3.37. The zero-order valence-electron chi connectivity index (χ0n) is 19.8. The Balaban J connectivity index is 1.31. The molecule has 1 saturated heterocycles. The Hall–Kier alpha value is -2.15. The van der Waals surface area contributed by atoms with Crippen LogP contribution < -0.4 is 4.74 Å². The molecule has 1 aliphatic rings. The van der Waals surface area contributed by atoms with Gasteiger partial charge in [-0.05, 0) is 106 Å². The standard InChI is InChI=1S/C27H33ClN2O3S/c1-33-20-9-10-25-23(18-20)22(24(28)19-29-25)8-4-11-27(26(31)32)12-15-30(16-13-27)14-3-2-6-21-7-5-17-34-21/h5,7,9-10,17-19H,2-4,6,8,11-16H2,1H3,(H,31,32). The summed E-state index contributed by atoms with van der Waals surface area (Å²) in [5.74, 6) is 0.111. The van der Waals surface area contributed by atoms with E-state index >= 15 is 0 Å². The van der Waals surface area contributed by atoms with Crippen molar-refractivity contribution >= 4 is 39.8 Å². The van der Waals surface area contributed by atoms with E-state index in [0.717, 1.165) is 67.5 Å². The molecule has 1 aliphatic heterocycles. The number of pyridine rings is 1. The number of aryl methyl sites for hydroxylation is 2. The fourth-order valence-corrected chi connectivity index (χ4v) is 6.05. The molecule has 0 amide bonds. The first-order valence-electron chi connectivity index (χ1n) is 12.1. The Kier molecular flexibility index (Phi) is 8.46. The summed E-state index contributed by atoms with van der Waals surface area (Å²) in [5.41, 5.74) is 1.26. The van der Waals surface area contributed by atoms with E-state index < -0.39 is 11.4 Å². The van der Waals surface area contributed by atoms with E-state index in [9.17, 15) is 9.90 Å². The maximum absolute atomic E-state index is 12.3. The third-order valence-electron chi connectivity index (χ3n) is 7.21. The second kappa shape index (κ2) is 11.5. The Bertz CT molecular complexity index is 1090. The van der Waals surface area contributed by atoms with Crippen LogP contribution in [-0.2, 0) is 17.6 Å². The number of benzene rings is 1. The first-order chi connectivity index (χ1) is 16.5. The minimum Gasteiger partial charge on any atom is -0.497 e. The molecule has 3 heterocycles. The lowest BCUT2D eigenvalue weighted by Gasteiger charge is -2.39. The fraction of sp³-hybridized carbons (Fsp3) is 0.481. The first-order valence-corrected chi connectivity index (χ1v) is 13.4. The largest absolute Gasteiger partial charge is 0.497 e. The molecule has 4 rings (SSSR count). The minimum absolute atomic E-state index is 0.627. The highest BCUT2D eigenvalue weighted by Crippen LogP contribution is 2.38. The lowest BCUT2D eigenvalue weighted by molar-refractivity contribution is -0.152. The first kappa shape index (κ1) is 25.0. The van der Waals surface area contributed by atoms with E-state index in [4.69, 9.17) is 16.3 Å². The molecule has 1 aromatic carbocycles. The van der Waals surface area contributed by atoms with Crippen molar-refractivity contribution in [3.05, 3.63) is 57.4 Å². The van der Waals surface area contributed by atoms with E-state index in [1.807, 2.05) is 29.5 Å². The summed E-state index contributed by atoms with van der Waals surface area (Å²) in [6.07, 6.45) is 8.78. The molecule has 0 bridgehead atoms. The molecule has 0 aliphatic carbocycles. The molecule has 2 aromatic heterocycles. The molecule has 1 fully saturated rings. The Morgan fingerprint density at radius 3 is 2.74 bits per heavy atom. The van der Waals surface area contributed by atoms with Crippen molar-refractivity contribution in [3.63, 3.8) is 0 Å². The van der Waals surface area contributed by atoms with Crippen molar-refractivity contribution < 1.29 is 14.6 Å². The average molecular weight is 501 g/mol. The number of aromatic nitrogens is 1. The van der Waals surface area contributed by atoms with Crippen LogP contribution >= 0.6 is 22.9 Å². The van der Waals surface area contributed by atoms with Crippen molar-refractivity contribution in [2.24, 2.45) is 5.41 Å². The number of unbranched alkanes of at least 4 members (excludes halogenated alkanes) is 1. The monoisotopic (exact) mass is 500 g/mol. The molecule has 182 valence electrons. The maximum atomic E-state index is 12.3. The van der Waals surface area contributed by atoms with Gasteiger partial charge in [0, 0.05) is 16.5 Å². The van der Waals surface area contributed by atoms with Crippen molar-refractivity contribution in [1.82, 2.24) is 9.88 Å². The van der Waals surface area contributed by atoms with Crippen LogP contribution in [0.5, 0.6) is 5.75 Å². The van der Waals surface area contributed by atoms with Crippen molar-refractivity contribution in [2.75, 3.05) is 26.7 Å². The maximum Gasteiger partial charge on any atom is 0.309 e. The molecular formula is C27H33ClN2O3S. The molecule has 34 heavy (non-hydrogen) atoms. The lowest BCUT2D eigenvalue weighted by Crippen LogP contribution is -2.44. The van der Waals surface area contributed by atoms with Crippen molar-refractivity contribution in [2.45, 2.75) is 51.4 Å². The van der Waals surface area contributed by atoms with Gasteiger partial charge in [-0.25, -0.2) is 0 Å². The van der Waals surface area contributed by atoms with Gasteiger partial charge >= 0.3 is 5.97 Å². The third kappa shape index (κ3) is 5.91. The molecule has 1 N–H and O–H groups in total. The number of hydrogen-bond donors (Lipinski definition) is 1.